The number of ether oxygens (including phenoxy) is 3. The van der Waals surface area contributed by atoms with E-state index in [2.05, 4.69) is 17.0 Å². The number of aliphatic hydroxyl groups excluding tert-OH is 1. The first-order valence-electron chi connectivity index (χ1n) is 7.17. The zero-order valence-electron chi connectivity index (χ0n) is 11.5. The van der Waals surface area contributed by atoms with Crippen LogP contribution in [-0.4, -0.2) is 56.8 Å². The van der Waals surface area contributed by atoms with Crippen LogP contribution in [0.3, 0.4) is 0 Å². The summed E-state index contributed by atoms with van der Waals surface area (Å²) in [5.74, 6) is 0.840. The largest absolute Gasteiger partial charge is 0.494 e. The van der Waals surface area contributed by atoms with E-state index >= 15 is 0 Å². The lowest BCUT2D eigenvalue weighted by Crippen LogP contribution is -2.31. The van der Waals surface area contributed by atoms with Crippen LogP contribution < -0.4 is 9.64 Å². The molecule has 2 aliphatic heterocycles. The Bertz CT molecular complexity index is 400. The van der Waals surface area contributed by atoms with Gasteiger partial charge in [0.1, 0.15) is 5.75 Å². The first-order valence-corrected chi connectivity index (χ1v) is 7.17. The van der Waals surface area contributed by atoms with E-state index in [1.165, 1.54) is 5.69 Å². The Morgan fingerprint density at radius 2 is 1.70 bits per heavy atom. The fraction of sp³-hybridized carbons (Fsp3) is 0.600. The van der Waals surface area contributed by atoms with Crippen LogP contribution in [0.4, 0.5) is 5.69 Å². The zero-order chi connectivity index (χ0) is 13.8. The highest BCUT2D eigenvalue weighted by Gasteiger charge is 2.30. The molecule has 0 amide bonds. The molecule has 1 N–H and O–H groups in total. The van der Waals surface area contributed by atoms with Crippen LogP contribution in [0.1, 0.15) is 6.42 Å². The lowest BCUT2D eigenvalue weighted by Gasteiger charge is -2.23. The molecule has 5 nitrogen and oxygen atoms in total. The molecule has 0 radical (unpaired) electrons. The maximum absolute atomic E-state index is 8.73. The topological polar surface area (TPSA) is 57.8 Å². The van der Waals surface area contributed by atoms with E-state index in [1.807, 2.05) is 12.1 Å². The number of hydrogen-bond acceptors (Lipinski definition) is 5. The number of rotatable bonds is 9. The Morgan fingerprint density at radius 1 is 1.10 bits per heavy atom. The molecule has 2 aliphatic rings. The van der Waals surface area contributed by atoms with Gasteiger partial charge in [-0.05, 0) is 24.3 Å². The van der Waals surface area contributed by atoms with Crippen molar-refractivity contribution in [1.29, 1.82) is 0 Å². The van der Waals surface area contributed by atoms with Crippen LogP contribution >= 0.6 is 0 Å². The van der Waals surface area contributed by atoms with Crippen LogP contribution in [0, 0.1) is 0 Å². The molecule has 0 aliphatic carbocycles. The van der Waals surface area contributed by atoms with Gasteiger partial charge in [-0.3, -0.25) is 0 Å². The smallest absolute Gasteiger partial charge is 0.119 e. The molecule has 2 fully saturated rings. The number of anilines is 1. The fourth-order valence-corrected chi connectivity index (χ4v) is 2.13. The summed E-state index contributed by atoms with van der Waals surface area (Å²) >= 11 is 0. The third-order valence-corrected chi connectivity index (χ3v) is 3.43. The first kappa shape index (κ1) is 13.7. The van der Waals surface area contributed by atoms with E-state index in [0.717, 1.165) is 32.1 Å². The predicted octanol–water partition coefficient (Wildman–Crippen LogP) is 1.05. The van der Waals surface area contributed by atoms with Crippen LogP contribution in [0.2, 0.25) is 0 Å². The standard InChI is InChI=1S/C15H21NO4/c17-6-1-7-18-13-4-2-12(3-5-13)16(8-14-10-19-14)9-15-11-20-15/h2-5,14-15,17H,1,6-11H2. The van der Waals surface area contributed by atoms with Crippen LogP contribution in [0.5, 0.6) is 5.75 Å². The van der Waals surface area contributed by atoms with E-state index in [-0.39, 0.29) is 6.61 Å². The van der Waals surface area contributed by atoms with Crippen molar-refractivity contribution in [1.82, 2.24) is 0 Å². The number of benzene rings is 1. The molecule has 20 heavy (non-hydrogen) atoms. The Kier molecular flexibility index (Phi) is 4.40. The van der Waals surface area contributed by atoms with Gasteiger partial charge in [0.05, 0.1) is 32.0 Å². The molecule has 2 unspecified atom stereocenters. The third-order valence-electron chi connectivity index (χ3n) is 3.43. The summed E-state index contributed by atoms with van der Waals surface area (Å²) in [6.07, 6.45) is 1.40. The summed E-state index contributed by atoms with van der Waals surface area (Å²) in [5, 5.41) is 8.73. The van der Waals surface area contributed by atoms with Crippen molar-refractivity contribution in [3.8, 4) is 5.75 Å². The van der Waals surface area contributed by atoms with Crippen molar-refractivity contribution in [2.24, 2.45) is 0 Å². The number of nitrogens with zero attached hydrogens (tertiary/aromatic N) is 1. The highest BCUT2D eigenvalue weighted by molar-refractivity contribution is 5.49. The lowest BCUT2D eigenvalue weighted by atomic mass is 10.2. The van der Waals surface area contributed by atoms with Gasteiger partial charge in [-0.2, -0.15) is 0 Å². The van der Waals surface area contributed by atoms with Gasteiger partial charge in [-0.25, -0.2) is 0 Å². The van der Waals surface area contributed by atoms with Gasteiger partial charge in [0, 0.05) is 31.8 Å². The summed E-state index contributed by atoms with van der Waals surface area (Å²) in [4.78, 5) is 2.31. The normalized spacial score (nSPS) is 23.4. The molecule has 2 saturated heterocycles. The molecule has 0 spiro atoms. The molecule has 1 aromatic carbocycles. The molecule has 5 heteroatoms. The summed E-state index contributed by atoms with van der Waals surface area (Å²) in [6, 6.07) is 8.08. The van der Waals surface area contributed by atoms with Crippen molar-refractivity contribution >= 4 is 5.69 Å². The quantitative estimate of drug-likeness (QED) is 0.541. The molecule has 110 valence electrons. The summed E-state index contributed by atoms with van der Waals surface area (Å²) in [6.45, 7) is 4.28. The van der Waals surface area contributed by atoms with Crippen molar-refractivity contribution in [2.45, 2.75) is 18.6 Å². The van der Waals surface area contributed by atoms with Crippen LogP contribution in [0.25, 0.3) is 0 Å². The van der Waals surface area contributed by atoms with E-state index < -0.39 is 0 Å². The van der Waals surface area contributed by atoms with Gasteiger partial charge in [0.15, 0.2) is 0 Å². The number of hydrogen-bond donors (Lipinski definition) is 1. The second-order valence-electron chi connectivity index (χ2n) is 5.24. The molecule has 1 aromatic rings. The Balaban J connectivity index is 1.57. The molecule has 0 bridgehead atoms. The summed E-state index contributed by atoms with van der Waals surface area (Å²) < 4.78 is 16.2. The Hall–Kier alpha value is -1.30. The van der Waals surface area contributed by atoms with Gasteiger partial charge >= 0.3 is 0 Å². The number of epoxide rings is 2. The van der Waals surface area contributed by atoms with Gasteiger partial charge < -0.3 is 24.2 Å². The minimum absolute atomic E-state index is 0.161. The minimum atomic E-state index is 0.161. The molecule has 2 heterocycles. The Morgan fingerprint density at radius 3 is 2.20 bits per heavy atom. The van der Waals surface area contributed by atoms with Crippen molar-refractivity contribution in [3.63, 3.8) is 0 Å². The van der Waals surface area contributed by atoms with Crippen molar-refractivity contribution < 1.29 is 19.3 Å². The Labute approximate surface area is 119 Å². The van der Waals surface area contributed by atoms with E-state index in [9.17, 15) is 0 Å². The van der Waals surface area contributed by atoms with Gasteiger partial charge in [0.25, 0.3) is 0 Å². The molecular formula is C15H21NO4. The number of aliphatic hydroxyl groups is 1. The zero-order valence-corrected chi connectivity index (χ0v) is 11.5. The lowest BCUT2D eigenvalue weighted by molar-refractivity contribution is 0.233. The summed E-state index contributed by atoms with van der Waals surface area (Å²) in [5.41, 5.74) is 1.17. The maximum atomic E-state index is 8.73. The van der Waals surface area contributed by atoms with Gasteiger partial charge in [0.2, 0.25) is 0 Å². The summed E-state index contributed by atoms with van der Waals surface area (Å²) in [7, 11) is 0. The monoisotopic (exact) mass is 279 g/mol. The van der Waals surface area contributed by atoms with Crippen LogP contribution in [0.15, 0.2) is 24.3 Å². The average Bonchev–Trinajstić information content (AvgIpc) is 3.35. The van der Waals surface area contributed by atoms with Crippen molar-refractivity contribution in [2.75, 3.05) is 44.4 Å². The van der Waals surface area contributed by atoms with E-state index in [4.69, 9.17) is 19.3 Å². The van der Waals surface area contributed by atoms with Crippen LogP contribution in [-0.2, 0) is 9.47 Å². The molecule has 2 atom stereocenters. The molecule has 0 aromatic heterocycles. The predicted molar refractivity (Wildman–Crippen MR) is 75.3 cm³/mol. The minimum Gasteiger partial charge on any atom is -0.494 e. The molecule has 3 rings (SSSR count). The first-order chi connectivity index (χ1) is 9.85. The maximum Gasteiger partial charge on any atom is 0.119 e. The molecule has 0 saturated carbocycles. The highest BCUT2D eigenvalue weighted by Crippen LogP contribution is 2.24. The second kappa shape index (κ2) is 6.43. The second-order valence-corrected chi connectivity index (χ2v) is 5.24. The van der Waals surface area contributed by atoms with Crippen molar-refractivity contribution in [3.05, 3.63) is 24.3 Å². The van der Waals surface area contributed by atoms with Gasteiger partial charge in [-0.1, -0.05) is 0 Å². The third kappa shape index (κ3) is 4.10. The van der Waals surface area contributed by atoms with Gasteiger partial charge in [-0.15, -0.1) is 0 Å². The van der Waals surface area contributed by atoms with E-state index in [0.29, 0.717) is 25.2 Å². The highest BCUT2D eigenvalue weighted by atomic mass is 16.6. The fourth-order valence-electron chi connectivity index (χ4n) is 2.13. The average molecular weight is 279 g/mol. The SMILES string of the molecule is OCCCOc1ccc(N(CC2CO2)CC2CO2)cc1. The molecular weight excluding hydrogens is 258 g/mol. The van der Waals surface area contributed by atoms with E-state index in [1.54, 1.807) is 0 Å².